The molecule has 5 nitrogen and oxygen atoms in total. The molecule has 0 aliphatic carbocycles. The van der Waals surface area contributed by atoms with Crippen molar-refractivity contribution >= 4 is 17.6 Å². The van der Waals surface area contributed by atoms with Crippen molar-refractivity contribution in [3.63, 3.8) is 0 Å². The highest BCUT2D eigenvalue weighted by Gasteiger charge is 2.10. The van der Waals surface area contributed by atoms with Gasteiger partial charge < -0.3 is 5.11 Å². The lowest BCUT2D eigenvalue weighted by Crippen LogP contribution is -1.98. The predicted octanol–water partition coefficient (Wildman–Crippen LogP) is 2.39. The van der Waals surface area contributed by atoms with Crippen molar-refractivity contribution in [2.24, 2.45) is 0 Å². The minimum Gasteiger partial charge on any atom is -0.481 e. The van der Waals surface area contributed by atoms with E-state index in [0.29, 0.717) is 16.9 Å². The van der Waals surface area contributed by atoms with E-state index in [9.17, 15) is 9.18 Å². The van der Waals surface area contributed by atoms with Crippen molar-refractivity contribution in [2.75, 3.05) is 0 Å². The normalized spacial score (nSPS) is 10.7. The Hall–Kier alpha value is -1.95. The van der Waals surface area contributed by atoms with Crippen molar-refractivity contribution in [3.05, 3.63) is 40.4 Å². The average molecular weight is 284 g/mol. The number of nitrogens with zero attached hydrogens (tertiary/aromatic N) is 3. The molecule has 1 heterocycles. The Labute approximate surface area is 113 Å². The lowest BCUT2D eigenvalue weighted by Gasteiger charge is -2.05. The van der Waals surface area contributed by atoms with E-state index in [4.69, 9.17) is 16.7 Å². The van der Waals surface area contributed by atoms with Crippen LogP contribution in [-0.4, -0.2) is 26.1 Å². The monoisotopic (exact) mass is 283 g/mol. The van der Waals surface area contributed by atoms with Gasteiger partial charge in [0.2, 0.25) is 0 Å². The highest BCUT2D eigenvalue weighted by molar-refractivity contribution is 6.32. The number of rotatable bonds is 4. The molecule has 0 fully saturated rings. The fraction of sp³-hybridized carbons (Fsp3) is 0.250. The maximum absolute atomic E-state index is 13.3. The predicted molar refractivity (Wildman–Crippen MR) is 67.0 cm³/mol. The van der Waals surface area contributed by atoms with Crippen LogP contribution in [0.25, 0.3) is 5.69 Å². The molecule has 0 radical (unpaired) electrons. The van der Waals surface area contributed by atoms with Crippen LogP contribution >= 0.6 is 11.6 Å². The van der Waals surface area contributed by atoms with Crippen LogP contribution in [-0.2, 0) is 11.2 Å². The summed E-state index contributed by atoms with van der Waals surface area (Å²) >= 11 is 5.95. The summed E-state index contributed by atoms with van der Waals surface area (Å²) in [6.07, 6.45) is 1.85. The van der Waals surface area contributed by atoms with Gasteiger partial charge in [-0.25, -0.2) is 9.07 Å². The molecule has 0 spiro atoms. The van der Waals surface area contributed by atoms with E-state index in [0.717, 1.165) is 0 Å². The summed E-state index contributed by atoms with van der Waals surface area (Å²) in [6, 6.07) is 2.78. The van der Waals surface area contributed by atoms with Crippen molar-refractivity contribution in [1.29, 1.82) is 0 Å². The van der Waals surface area contributed by atoms with E-state index >= 15 is 0 Å². The van der Waals surface area contributed by atoms with Crippen LogP contribution in [0, 0.1) is 12.7 Å². The van der Waals surface area contributed by atoms with Crippen LogP contribution in [0.2, 0.25) is 5.02 Å². The van der Waals surface area contributed by atoms with E-state index in [2.05, 4.69) is 10.3 Å². The van der Waals surface area contributed by atoms with Crippen LogP contribution in [0.5, 0.6) is 0 Å². The Balaban J connectivity index is 2.27. The van der Waals surface area contributed by atoms with Crippen LogP contribution in [0.4, 0.5) is 4.39 Å². The third kappa shape index (κ3) is 3.08. The van der Waals surface area contributed by atoms with E-state index in [-0.39, 0.29) is 23.7 Å². The minimum atomic E-state index is -0.898. The third-order valence-electron chi connectivity index (χ3n) is 2.61. The van der Waals surface area contributed by atoms with Gasteiger partial charge in [0.05, 0.1) is 29.0 Å². The maximum atomic E-state index is 13.3. The number of carboxylic acid groups (broad SMARTS) is 1. The Morgan fingerprint density at radius 3 is 2.95 bits per heavy atom. The number of hydrogen-bond donors (Lipinski definition) is 1. The van der Waals surface area contributed by atoms with Crippen LogP contribution in [0.1, 0.15) is 17.7 Å². The van der Waals surface area contributed by atoms with Gasteiger partial charge in [-0.2, -0.15) is 0 Å². The van der Waals surface area contributed by atoms with Gasteiger partial charge in [-0.3, -0.25) is 4.79 Å². The fourth-order valence-corrected chi connectivity index (χ4v) is 1.82. The molecule has 0 atom stereocenters. The van der Waals surface area contributed by atoms with Crippen LogP contribution in [0.15, 0.2) is 18.3 Å². The molecule has 19 heavy (non-hydrogen) atoms. The zero-order chi connectivity index (χ0) is 14.0. The molecular weight excluding hydrogens is 273 g/mol. The molecule has 0 aliphatic rings. The zero-order valence-electron chi connectivity index (χ0n) is 10.1. The summed E-state index contributed by atoms with van der Waals surface area (Å²) in [5, 5.41) is 16.5. The van der Waals surface area contributed by atoms with Crippen molar-refractivity contribution in [3.8, 4) is 5.69 Å². The summed E-state index contributed by atoms with van der Waals surface area (Å²) in [5.74, 6) is -1.29. The minimum absolute atomic E-state index is 0.0190. The SMILES string of the molecule is Cc1cc(-n2cc(CCC(=O)O)nn2)c(Cl)cc1F. The molecule has 1 aromatic heterocycles. The van der Waals surface area contributed by atoms with E-state index < -0.39 is 5.97 Å². The number of aryl methyl sites for hydroxylation is 2. The topological polar surface area (TPSA) is 68.0 Å². The number of carboxylic acids is 1. The van der Waals surface area contributed by atoms with Gasteiger partial charge in [0, 0.05) is 6.42 Å². The lowest BCUT2D eigenvalue weighted by atomic mass is 10.2. The largest absolute Gasteiger partial charge is 0.481 e. The lowest BCUT2D eigenvalue weighted by molar-refractivity contribution is -0.136. The second kappa shape index (κ2) is 5.36. The van der Waals surface area contributed by atoms with Gasteiger partial charge >= 0.3 is 5.97 Å². The first kappa shape index (κ1) is 13.5. The number of aromatic nitrogens is 3. The second-order valence-corrected chi connectivity index (χ2v) is 4.51. The van der Waals surface area contributed by atoms with E-state index in [1.165, 1.54) is 10.7 Å². The van der Waals surface area contributed by atoms with E-state index in [1.54, 1.807) is 19.2 Å². The molecule has 2 rings (SSSR count). The van der Waals surface area contributed by atoms with Gasteiger partial charge in [-0.05, 0) is 24.6 Å². The number of halogens is 2. The Morgan fingerprint density at radius 1 is 1.53 bits per heavy atom. The third-order valence-corrected chi connectivity index (χ3v) is 2.91. The molecule has 100 valence electrons. The van der Waals surface area contributed by atoms with Gasteiger partial charge in [-0.15, -0.1) is 5.10 Å². The standard InChI is InChI=1S/C12H11ClFN3O2/c1-7-4-11(9(13)5-10(7)14)17-6-8(15-16-17)2-3-12(18)19/h4-6H,2-3H2,1H3,(H,18,19). The molecule has 0 amide bonds. The molecule has 0 saturated heterocycles. The highest BCUT2D eigenvalue weighted by Crippen LogP contribution is 2.23. The smallest absolute Gasteiger partial charge is 0.303 e. The van der Waals surface area contributed by atoms with Gasteiger partial charge in [-0.1, -0.05) is 16.8 Å². The maximum Gasteiger partial charge on any atom is 0.303 e. The zero-order valence-corrected chi connectivity index (χ0v) is 10.9. The molecule has 0 aliphatic heterocycles. The molecule has 0 unspecified atom stereocenters. The fourth-order valence-electron chi connectivity index (χ4n) is 1.58. The second-order valence-electron chi connectivity index (χ2n) is 4.10. The Bertz CT molecular complexity index is 627. The van der Waals surface area contributed by atoms with Crippen LogP contribution < -0.4 is 0 Å². The summed E-state index contributed by atoms with van der Waals surface area (Å²) < 4.78 is 14.7. The molecule has 0 bridgehead atoms. The van der Waals surface area contributed by atoms with Crippen molar-refractivity contribution in [1.82, 2.24) is 15.0 Å². The van der Waals surface area contributed by atoms with Crippen molar-refractivity contribution < 1.29 is 14.3 Å². The molecule has 2 aromatic rings. The molecule has 1 N–H and O–H groups in total. The van der Waals surface area contributed by atoms with Gasteiger partial charge in [0.15, 0.2) is 0 Å². The number of aliphatic carboxylic acids is 1. The summed E-state index contributed by atoms with van der Waals surface area (Å²) in [4.78, 5) is 10.5. The first-order chi connectivity index (χ1) is 8.97. The molecule has 0 saturated carbocycles. The quantitative estimate of drug-likeness (QED) is 0.935. The summed E-state index contributed by atoms with van der Waals surface area (Å²) in [6.45, 7) is 1.62. The van der Waals surface area contributed by atoms with Gasteiger partial charge in [0.25, 0.3) is 0 Å². The van der Waals surface area contributed by atoms with Crippen LogP contribution in [0.3, 0.4) is 0 Å². The number of benzene rings is 1. The summed E-state index contributed by atoms with van der Waals surface area (Å²) in [5.41, 5.74) is 1.50. The first-order valence-corrected chi connectivity index (χ1v) is 5.94. The molecular formula is C12H11ClFN3O2. The average Bonchev–Trinajstić information content (AvgIpc) is 2.80. The first-order valence-electron chi connectivity index (χ1n) is 5.56. The summed E-state index contributed by atoms with van der Waals surface area (Å²) in [7, 11) is 0. The van der Waals surface area contributed by atoms with Gasteiger partial charge in [0.1, 0.15) is 5.82 Å². The number of hydrogen-bond acceptors (Lipinski definition) is 3. The number of carbonyl (C=O) groups is 1. The Kier molecular flexibility index (Phi) is 3.80. The van der Waals surface area contributed by atoms with E-state index in [1.807, 2.05) is 0 Å². The Morgan fingerprint density at radius 2 is 2.26 bits per heavy atom. The highest BCUT2D eigenvalue weighted by atomic mass is 35.5. The molecule has 1 aromatic carbocycles. The molecule has 7 heteroatoms. The van der Waals surface area contributed by atoms with Crippen molar-refractivity contribution in [2.45, 2.75) is 19.8 Å².